The van der Waals surface area contributed by atoms with Crippen molar-refractivity contribution in [2.75, 3.05) is 7.05 Å². The van der Waals surface area contributed by atoms with Gasteiger partial charge in [-0.25, -0.2) is 9.18 Å². The fourth-order valence-electron chi connectivity index (χ4n) is 4.28. The van der Waals surface area contributed by atoms with Gasteiger partial charge in [-0.15, -0.1) is 0 Å². The van der Waals surface area contributed by atoms with Crippen molar-refractivity contribution in [2.45, 2.75) is 13.1 Å². The van der Waals surface area contributed by atoms with Gasteiger partial charge in [0, 0.05) is 35.9 Å². The van der Waals surface area contributed by atoms with Gasteiger partial charge in [0.05, 0.1) is 5.52 Å². The fourth-order valence-corrected chi connectivity index (χ4v) is 4.28. The first-order valence-corrected chi connectivity index (χ1v) is 10.0. The number of halogens is 1. The van der Waals surface area contributed by atoms with Crippen LogP contribution in [0, 0.1) is 5.82 Å². The highest BCUT2D eigenvalue weighted by molar-refractivity contribution is 5.94. The summed E-state index contributed by atoms with van der Waals surface area (Å²) < 4.78 is 16.7. The van der Waals surface area contributed by atoms with E-state index in [0.29, 0.717) is 22.3 Å². The number of phenolic OH excluding ortho intramolecular Hbond substituents is 1. The molecule has 0 aliphatic carbocycles. The minimum absolute atomic E-state index is 0.0277. The molecule has 1 aliphatic rings. The molecule has 4 aromatic rings. The molecule has 0 spiro atoms. The number of fused-ring (bicyclic) bond motifs is 2. The normalized spacial score (nSPS) is 13.4. The topological polar surface area (TPSA) is 82.8 Å². The monoisotopic (exact) mass is 430 g/mol. The number of hydrogen-bond acceptors (Lipinski definition) is 4. The van der Waals surface area contributed by atoms with Crippen molar-refractivity contribution in [3.63, 3.8) is 0 Å². The van der Waals surface area contributed by atoms with Gasteiger partial charge in [0.25, 0.3) is 0 Å². The van der Waals surface area contributed by atoms with Gasteiger partial charge in [-0.05, 0) is 66.2 Å². The number of pyridine rings is 1. The maximum atomic E-state index is 15.2. The van der Waals surface area contributed by atoms with E-state index in [2.05, 4.69) is 4.90 Å². The second-order valence-corrected chi connectivity index (χ2v) is 8.07. The lowest BCUT2D eigenvalue weighted by molar-refractivity contribution is 0.0695. The molecule has 0 fully saturated rings. The molecule has 0 saturated heterocycles. The number of benzene rings is 3. The molecular weight excluding hydrogens is 411 g/mol. The molecule has 1 aromatic heterocycles. The Morgan fingerprint density at radius 1 is 1.00 bits per heavy atom. The highest BCUT2D eigenvalue weighted by atomic mass is 19.1. The molecule has 2 N–H and O–H groups in total. The van der Waals surface area contributed by atoms with Gasteiger partial charge < -0.3 is 14.8 Å². The number of aromatic hydroxyl groups is 1. The summed E-state index contributed by atoms with van der Waals surface area (Å²) in [6.07, 6.45) is 1.23. The summed E-state index contributed by atoms with van der Waals surface area (Å²) in [4.78, 5) is 26.6. The van der Waals surface area contributed by atoms with Crippen LogP contribution in [0.4, 0.5) is 4.39 Å². The number of carboxylic acids is 1. The van der Waals surface area contributed by atoms with Crippen LogP contribution in [0.15, 0.2) is 65.6 Å². The van der Waals surface area contributed by atoms with Gasteiger partial charge in [0.15, 0.2) is 0 Å². The van der Waals surface area contributed by atoms with Gasteiger partial charge in [0.1, 0.15) is 17.1 Å². The third-order valence-corrected chi connectivity index (χ3v) is 5.85. The Labute approximate surface area is 182 Å². The largest absolute Gasteiger partial charge is 0.508 e. The first kappa shape index (κ1) is 20.0. The van der Waals surface area contributed by atoms with E-state index in [0.717, 1.165) is 24.7 Å². The zero-order chi connectivity index (χ0) is 22.6. The van der Waals surface area contributed by atoms with E-state index in [1.165, 1.54) is 28.5 Å². The molecule has 7 heteroatoms. The van der Waals surface area contributed by atoms with Crippen LogP contribution in [0.5, 0.6) is 5.75 Å². The minimum Gasteiger partial charge on any atom is -0.508 e. The molecule has 32 heavy (non-hydrogen) atoms. The summed E-state index contributed by atoms with van der Waals surface area (Å²) in [5, 5.41) is 19.1. The van der Waals surface area contributed by atoms with E-state index in [1.807, 2.05) is 25.2 Å². The van der Waals surface area contributed by atoms with Crippen molar-refractivity contribution in [3.05, 3.63) is 93.5 Å². The lowest BCUT2D eigenvalue weighted by Crippen LogP contribution is -2.18. The Kier molecular flexibility index (Phi) is 4.56. The quantitative estimate of drug-likeness (QED) is 0.510. The van der Waals surface area contributed by atoms with Crippen molar-refractivity contribution in [1.29, 1.82) is 0 Å². The molecule has 2 heterocycles. The summed E-state index contributed by atoms with van der Waals surface area (Å²) in [5.74, 6) is -1.94. The number of aromatic carboxylic acids is 1. The van der Waals surface area contributed by atoms with Crippen molar-refractivity contribution in [1.82, 2.24) is 9.47 Å². The van der Waals surface area contributed by atoms with Gasteiger partial charge in [-0.3, -0.25) is 9.69 Å². The van der Waals surface area contributed by atoms with Crippen molar-refractivity contribution >= 4 is 16.9 Å². The SMILES string of the molecule is CN1Cc2ccc(-c3cc4c(cc3F)c(=O)c(C(=O)O)cn4-c3ccc(O)cc3)cc2C1. The summed E-state index contributed by atoms with van der Waals surface area (Å²) in [7, 11) is 2.02. The van der Waals surface area contributed by atoms with E-state index in [1.54, 1.807) is 18.2 Å². The van der Waals surface area contributed by atoms with E-state index in [-0.39, 0.29) is 11.1 Å². The summed E-state index contributed by atoms with van der Waals surface area (Å²) in [6, 6.07) is 14.6. The zero-order valence-electron chi connectivity index (χ0n) is 17.2. The van der Waals surface area contributed by atoms with Gasteiger partial charge >= 0.3 is 5.97 Å². The Hall–Kier alpha value is -3.97. The molecule has 0 saturated carbocycles. The van der Waals surface area contributed by atoms with Gasteiger partial charge in [-0.1, -0.05) is 12.1 Å². The standard InChI is InChI=1S/C25H19FN2O4/c1-27-11-15-3-2-14(8-16(15)12-27)19-10-23-20(9-22(19)26)24(30)21(25(31)32)13-28(23)17-4-6-18(29)7-5-17/h2-10,13,29H,11-12H2,1H3,(H,31,32). The second kappa shape index (κ2) is 7.32. The van der Waals surface area contributed by atoms with E-state index in [9.17, 15) is 19.8 Å². The maximum absolute atomic E-state index is 15.2. The molecule has 160 valence electrons. The summed E-state index contributed by atoms with van der Waals surface area (Å²) >= 11 is 0. The number of nitrogens with zero attached hydrogens (tertiary/aromatic N) is 2. The van der Waals surface area contributed by atoms with E-state index in [4.69, 9.17) is 0 Å². The smallest absolute Gasteiger partial charge is 0.341 e. The number of phenols is 1. The Morgan fingerprint density at radius 2 is 1.72 bits per heavy atom. The summed E-state index contributed by atoms with van der Waals surface area (Å²) in [6.45, 7) is 1.62. The van der Waals surface area contributed by atoms with Crippen LogP contribution in [0.3, 0.4) is 0 Å². The van der Waals surface area contributed by atoms with Crippen molar-refractivity contribution < 1.29 is 19.4 Å². The van der Waals surface area contributed by atoms with Crippen LogP contribution in [0.1, 0.15) is 21.5 Å². The lowest BCUT2D eigenvalue weighted by atomic mass is 9.98. The number of aromatic nitrogens is 1. The predicted molar refractivity (Wildman–Crippen MR) is 119 cm³/mol. The molecule has 5 rings (SSSR count). The molecule has 3 aromatic carbocycles. The lowest BCUT2D eigenvalue weighted by Gasteiger charge is -2.15. The highest BCUT2D eigenvalue weighted by Gasteiger charge is 2.20. The third-order valence-electron chi connectivity index (χ3n) is 5.85. The van der Waals surface area contributed by atoms with E-state index < -0.39 is 22.8 Å². The molecule has 0 unspecified atom stereocenters. The van der Waals surface area contributed by atoms with Crippen LogP contribution in [-0.4, -0.2) is 32.7 Å². The molecule has 0 bridgehead atoms. The second-order valence-electron chi connectivity index (χ2n) is 8.07. The van der Waals surface area contributed by atoms with Gasteiger partial charge in [-0.2, -0.15) is 0 Å². The highest BCUT2D eigenvalue weighted by Crippen LogP contribution is 2.32. The predicted octanol–water partition coefficient (Wildman–Crippen LogP) is 4.15. The Balaban J connectivity index is 1.79. The number of hydrogen-bond donors (Lipinski definition) is 2. The molecule has 1 aliphatic heterocycles. The van der Waals surface area contributed by atoms with Crippen LogP contribution in [-0.2, 0) is 13.1 Å². The van der Waals surface area contributed by atoms with Gasteiger partial charge in [0.2, 0.25) is 5.43 Å². The van der Waals surface area contributed by atoms with Crippen LogP contribution in [0.25, 0.3) is 27.7 Å². The third kappa shape index (κ3) is 3.23. The molecule has 0 radical (unpaired) electrons. The zero-order valence-corrected chi connectivity index (χ0v) is 17.2. The number of carboxylic acid groups (broad SMARTS) is 1. The van der Waals surface area contributed by atoms with Crippen LogP contribution in [0.2, 0.25) is 0 Å². The van der Waals surface area contributed by atoms with E-state index >= 15 is 4.39 Å². The van der Waals surface area contributed by atoms with Crippen LogP contribution >= 0.6 is 0 Å². The number of rotatable bonds is 3. The fraction of sp³-hybridized carbons (Fsp3) is 0.120. The van der Waals surface area contributed by atoms with Crippen molar-refractivity contribution in [2.24, 2.45) is 0 Å². The molecule has 0 atom stereocenters. The first-order valence-electron chi connectivity index (χ1n) is 10.0. The average Bonchev–Trinajstić information content (AvgIpc) is 3.13. The van der Waals surface area contributed by atoms with Crippen LogP contribution < -0.4 is 5.43 Å². The molecule has 0 amide bonds. The summed E-state index contributed by atoms with van der Waals surface area (Å²) in [5.41, 5.74) is 3.03. The maximum Gasteiger partial charge on any atom is 0.341 e. The molecule has 6 nitrogen and oxygen atoms in total. The minimum atomic E-state index is -1.39. The Morgan fingerprint density at radius 3 is 2.44 bits per heavy atom. The molecular formula is C25H19FN2O4. The Bertz CT molecular complexity index is 1460. The number of carbonyl (C=O) groups is 1. The van der Waals surface area contributed by atoms with Crippen molar-refractivity contribution in [3.8, 4) is 22.6 Å². The average molecular weight is 430 g/mol. The first-order chi connectivity index (χ1) is 15.3.